The first-order chi connectivity index (χ1) is 14.2. The molecule has 7 nitrogen and oxygen atoms in total. The van der Waals surface area contributed by atoms with E-state index in [0.29, 0.717) is 24.3 Å². The molecule has 0 fully saturated rings. The van der Waals surface area contributed by atoms with Gasteiger partial charge in [-0.2, -0.15) is 0 Å². The van der Waals surface area contributed by atoms with E-state index in [9.17, 15) is 14.4 Å². The van der Waals surface area contributed by atoms with E-state index in [2.05, 4.69) is 10.6 Å². The summed E-state index contributed by atoms with van der Waals surface area (Å²) >= 11 is 0. The van der Waals surface area contributed by atoms with Crippen molar-refractivity contribution in [2.45, 2.75) is 52.6 Å². The number of aldehydes is 1. The lowest BCUT2D eigenvalue weighted by molar-refractivity contribution is -0.130. The van der Waals surface area contributed by atoms with Crippen LogP contribution in [-0.4, -0.2) is 44.4 Å². The van der Waals surface area contributed by atoms with Gasteiger partial charge in [-0.15, -0.1) is 0 Å². The van der Waals surface area contributed by atoms with Crippen LogP contribution in [0.1, 0.15) is 46.1 Å². The lowest BCUT2D eigenvalue weighted by Crippen LogP contribution is -2.52. The SMILES string of the molecule is CC[C@H](C)[C@H](NC(=O)/C=C/c1cc(OC)cc(OC)c1)C(=O)N[C@H](C=O)CC(C)C. The minimum absolute atomic E-state index is 0.0920. The summed E-state index contributed by atoms with van der Waals surface area (Å²) in [6, 6.07) is 3.97. The number of carbonyl (C=O) groups excluding carboxylic acids is 3. The van der Waals surface area contributed by atoms with Gasteiger partial charge in [-0.25, -0.2) is 0 Å². The normalized spacial score (nSPS) is 14.1. The summed E-state index contributed by atoms with van der Waals surface area (Å²) in [7, 11) is 3.10. The largest absolute Gasteiger partial charge is 0.497 e. The monoisotopic (exact) mass is 418 g/mol. The first-order valence-corrected chi connectivity index (χ1v) is 10.2. The first kappa shape index (κ1) is 25.2. The summed E-state index contributed by atoms with van der Waals surface area (Å²) in [4.78, 5) is 36.5. The highest BCUT2D eigenvalue weighted by Gasteiger charge is 2.27. The highest BCUT2D eigenvalue weighted by molar-refractivity contribution is 5.96. The second kappa shape index (κ2) is 12.7. The molecule has 3 atom stereocenters. The van der Waals surface area contributed by atoms with Gasteiger partial charge in [0.25, 0.3) is 0 Å². The number of amides is 2. The predicted octanol–water partition coefficient (Wildman–Crippen LogP) is 2.98. The van der Waals surface area contributed by atoms with Gasteiger partial charge < -0.3 is 24.9 Å². The fraction of sp³-hybridized carbons (Fsp3) is 0.522. The van der Waals surface area contributed by atoms with Gasteiger partial charge in [0.15, 0.2) is 0 Å². The number of ether oxygens (including phenoxy) is 2. The highest BCUT2D eigenvalue weighted by Crippen LogP contribution is 2.23. The zero-order chi connectivity index (χ0) is 22.7. The zero-order valence-corrected chi connectivity index (χ0v) is 18.7. The van der Waals surface area contributed by atoms with Crippen molar-refractivity contribution in [3.8, 4) is 11.5 Å². The van der Waals surface area contributed by atoms with Crippen molar-refractivity contribution in [3.63, 3.8) is 0 Å². The minimum atomic E-state index is -0.735. The fourth-order valence-corrected chi connectivity index (χ4v) is 2.93. The number of nitrogens with one attached hydrogen (secondary N) is 2. The Bertz CT molecular complexity index is 723. The Morgan fingerprint density at radius 2 is 1.63 bits per heavy atom. The van der Waals surface area contributed by atoms with Crippen molar-refractivity contribution in [3.05, 3.63) is 29.8 Å². The third kappa shape index (κ3) is 8.27. The minimum Gasteiger partial charge on any atom is -0.497 e. The van der Waals surface area contributed by atoms with Crippen LogP contribution in [0.2, 0.25) is 0 Å². The maximum absolute atomic E-state index is 12.7. The molecule has 0 saturated heterocycles. The molecule has 1 rings (SSSR count). The van der Waals surface area contributed by atoms with E-state index in [0.717, 1.165) is 11.8 Å². The Balaban J connectivity index is 2.90. The number of carbonyl (C=O) groups is 3. The second-order valence-corrected chi connectivity index (χ2v) is 7.73. The molecule has 0 saturated carbocycles. The molecule has 0 aliphatic rings. The first-order valence-electron chi connectivity index (χ1n) is 10.2. The fourth-order valence-electron chi connectivity index (χ4n) is 2.93. The Morgan fingerprint density at radius 1 is 1.03 bits per heavy atom. The average molecular weight is 419 g/mol. The van der Waals surface area contributed by atoms with Crippen LogP contribution in [0.4, 0.5) is 0 Å². The van der Waals surface area contributed by atoms with E-state index in [1.54, 1.807) is 38.5 Å². The van der Waals surface area contributed by atoms with E-state index >= 15 is 0 Å². The van der Waals surface area contributed by atoms with E-state index in [1.807, 2.05) is 27.7 Å². The molecule has 0 unspecified atom stereocenters. The highest BCUT2D eigenvalue weighted by atomic mass is 16.5. The summed E-state index contributed by atoms with van der Waals surface area (Å²) in [5, 5.41) is 5.51. The van der Waals surface area contributed by atoms with Gasteiger partial charge in [0.2, 0.25) is 11.8 Å². The lowest BCUT2D eigenvalue weighted by Gasteiger charge is -2.25. The van der Waals surface area contributed by atoms with Crippen LogP contribution in [-0.2, 0) is 14.4 Å². The number of benzene rings is 1. The topological polar surface area (TPSA) is 93.7 Å². The molecule has 2 amide bonds. The molecule has 166 valence electrons. The van der Waals surface area contributed by atoms with Gasteiger partial charge in [0.1, 0.15) is 23.8 Å². The summed E-state index contributed by atoms with van der Waals surface area (Å²) in [5.74, 6) is 0.633. The maximum Gasteiger partial charge on any atom is 0.244 e. The molecule has 1 aromatic rings. The zero-order valence-electron chi connectivity index (χ0n) is 18.7. The van der Waals surface area contributed by atoms with E-state index in [-0.39, 0.29) is 17.7 Å². The summed E-state index contributed by atoms with van der Waals surface area (Å²) in [6.45, 7) is 7.80. The van der Waals surface area contributed by atoms with Crippen molar-refractivity contribution in [2.75, 3.05) is 14.2 Å². The Kier molecular flexibility index (Phi) is 10.6. The molecule has 0 spiro atoms. The summed E-state index contributed by atoms with van der Waals surface area (Å²) in [6.07, 6.45) is 4.98. The van der Waals surface area contributed by atoms with Gasteiger partial charge in [0, 0.05) is 12.1 Å². The number of hydrogen-bond acceptors (Lipinski definition) is 5. The van der Waals surface area contributed by atoms with Crippen molar-refractivity contribution >= 4 is 24.2 Å². The van der Waals surface area contributed by atoms with Crippen LogP contribution in [0.3, 0.4) is 0 Å². The van der Waals surface area contributed by atoms with Crippen molar-refractivity contribution in [1.82, 2.24) is 10.6 Å². The van der Waals surface area contributed by atoms with Crippen LogP contribution < -0.4 is 20.1 Å². The van der Waals surface area contributed by atoms with Gasteiger partial charge in [0.05, 0.1) is 20.3 Å². The lowest BCUT2D eigenvalue weighted by atomic mass is 9.97. The van der Waals surface area contributed by atoms with Crippen molar-refractivity contribution < 1.29 is 23.9 Å². The Hall–Kier alpha value is -2.83. The van der Waals surface area contributed by atoms with Gasteiger partial charge >= 0.3 is 0 Å². The molecule has 0 radical (unpaired) electrons. The maximum atomic E-state index is 12.7. The second-order valence-electron chi connectivity index (χ2n) is 7.73. The van der Waals surface area contributed by atoms with Crippen molar-refractivity contribution in [1.29, 1.82) is 0 Å². The molecule has 0 heterocycles. The third-order valence-electron chi connectivity index (χ3n) is 4.81. The number of methoxy groups -OCH3 is 2. The summed E-state index contributed by atoms with van der Waals surface area (Å²) < 4.78 is 10.5. The standard InChI is InChI=1S/C23H34N2O5/c1-7-16(4)22(23(28)24-18(14-26)10-15(2)3)25-21(27)9-8-17-11-19(29-5)13-20(12-17)30-6/h8-9,11-16,18,22H,7,10H2,1-6H3,(H,24,28)(H,25,27)/b9-8+/t16-,18-,22-/m0/s1. The van der Waals surface area contributed by atoms with Crippen LogP contribution in [0.5, 0.6) is 11.5 Å². The number of rotatable bonds is 12. The molecule has 1 aromatic carbocycles. The van der Waals surface area contributed by atoms with E-state index < -0.39 is 18.0 Å². The smallest absolute Gasteiger partial charge is 0.244 e. The molecule has 0 aromatic heterocycles. The summed E-state index contributed by atoms with van der Waals surface area (Å²) in [5.41, 5.74) is 0.726. The molecular formula is C23H34N2O5. The van der Waals surface area contributed by atoms with Gasteiger partial charge in [-0.05, 0) is 42.0 Å². The van der Waals surface area contributed by atoms with E-state index in [1.165, 1.54) is 6.08 Å². The van der Waals surface area contributed by atoms with Crippen LogP contribution >= 0.6 is 0 Å². The third-order valence-corrected chi connectivity index (χ3v) is 4.81. The predicted molar refractivity (Wildman–Crippen MR) is 117 cm³/mol. The van der Waals surface area contributed by atoms with E-state index in [4.69, 9.17) is 9.47 Å². The van der Waals surface area contributed by atoms with Crippen LogP contribution in [0.15, 0.2) is 24.3 Å². The quantitative estimate of drug-likeness (QED) is 0.402. The Labute approximate surface area is 179 Å². The molecule has 0 aliphatic carbocycles. The molecule has 0 bridgehead atoms. The molecule has 30 heavy (non-hydrogen) atoms. The van der Waals surface area contributed by atoms with Gasteiger partial charge in [-0.3, -0.25) is 9.59 Å². The molecule has 2 N–H and O–H groups in total. The van der Waals surface area contributed by atoms with Crippen LogP contribution in [0, 0.1) is 11.8 Å². The molecule has 7 heteroatoms. The molecule has 0 aliphatic heterocycles. The van der Waals surface area contributed by atoms with Crippen LogP contribution in [0.25, 0.3) is 6.08 Å². The van der Waals surface area contributed by atoms with Crippen molar-refractivity contribution in [2.24, 2.45) is 11.8 Å². The number of hydrogen-bond donors (Lipinski definition) is 2. The van der Waals surface area contributed by atoms with Gasteiger partial charge in [-0.1, -0.05) is 34.1 Å². The Morgan fingerprint density at radius 3 is 2.10 bits per heavy atom. The molecular weight excluding hydrogens is 384 g/mol. The average Bonchev–Trinajstić information content (AvgIpc) is 2.74.